The molecule has 0 aliphatic heterocycles. The van der Waals surface area contributed by atoms with E-state index < -0.39 is 12.1 Å². The molecule has 1 N–H and O–H groups in total. The fourth-order valence-corrected chi connectivity index (χ4v) is 2.20. The van der Waals surface area contributed by atoms with Crippen LogP contribution in [-0.4, -0.2) is 24.0 Å². The van der Waals surface area contributed by atoms with E-state index in [1.807, 2.05) is 18.4 Å². The zero-order valence-corrected chi connectivity index (χ0v) is 10.7. The van der Waals surface area contributed by atoms with E-state index in [9.17, 15) is 9.59 Å². The molecule has 4 nitrogen and oxygen atoms in total. The van der Waals surface area contributed by atoms with Gasteiger partial charge in [-0.2, -0.15) is 0 Å². The van der Waals surface area contributed by atoms with Crippen LogP contribution in [0.15, 0.2) is 11.4 Å². The lowest BCUT2D eigenvalue weighted by Gasteiger charge is -2.12. The summed E-state index contributed by atoms with van der Waals surface area (Å²) in [6, 6.07) is 2.14. The van der Waals surface area contributed by atoms with Crippen molar-refractivity contribution in [2.24, 2.45) is 0 Å². The van der Waals surface area contributed by atoms with E-state index in [4.69, 9.17) is 4.74 Å². The summed E-state index contributed by atoms with van der Waals surface area (Å²) >= 11 is 1.33. The molecule has 0 saturated heterocycles. The van der Waals surface area contributed by atoms with Gasteiger partial charge in [0, 0.05) is 6.04 Å². The Kier molecular flexibility index (Phi) is 3.47. The monoisotopic (exact) mass is 253 g/mol. The number of carbonyl (C=O) groups is 2. The van der Waals surface area contributed by atoms with Crippen molar-refractivity contribution in [3.05, 3.63) is 21.9 Å². The van der Waals surface area contributed by atoms with Gasteiger partial charge in [0.1, 0.15) is 4.88 Å². The lowest BCUT2D eigenvalue weighted by atomic mass is 10.3. The highest BCUT2D eigenvalue weighted by Gasteiger charge is 2.27. The summed E-state index contributed by atoms with van der Waals surface area (Å²) in [4.78, 5) is 23.9. The van der Waals surface area contributed by atoms with Gasteiger partial charge in [0.25, 0.3) is 5.91 Å². The summed E-state index contributed by atoms with van der Waals surface area (Å²) < 4.78 is 5.13. The van der Waals surface area contributed by atoms with Crippen LogP contribution < -0.4 is 5.32 Å². The molecule has 0 aromatic carbocycles. The molecule has 0 radical (unpaired) electrons. The maximum absolute atomic E-state index is 11.8. The molecule has 2 rings (SSSR count). The molecule has 0 bridgehead atoms. The fraction of sp³-hybridized carbons (Fsp3) is 0.500. The van der Waals surface area contributed by atoms with Crippen molar-refractivity contribution in [1.82, 2.24) is 5.32 Å². The van der Waals surface area contributed by atoms with E-state index in [0.29, 0.717) is 4.88 Å². The average Bonchev–Trinajstić information content (AvgIpc) is 2.98. The summed E-state index contributed by atoms with van der Waals surface area (Å²) in [5, 5.41) is 4.64. The molecule has 1 heterocycles. The number of thiophene rings is 1. The summed E-state index contributed by atoms with van der Waals surface area (Å²) in [7, 11) is 0. The largest absolute Gasteiger partial charge is 0.448 e. The van der Waals surface area contributed by atoms with Crippen molar-refractivity contribution < 1.29 is 14.3 Å². The van der Waals surface area contributed by atoms with Crippen LogP contribution in [0.4, 0.5) is 0 Å². The van der Waals surface area contributed by atoms with Gasteiger partial charge in [0.15, 0.2) is 6.10 Å². The Bertz CT molecular complexity index is 437. The van der Waals surface area contributed by atoms with Crippen molar-refractivity contribution in [2.45, 2.75) is 38.8 Å². The molecule has 1 aliphatic carbocycles. The third-order valence-electron chi connectivity index (χ3n) is 2.62. The standard InChI is InChI=1S/C12H15NO3S/c1-7-5-6-17-10(7)12(15)16-8(2)11(14)13-9-3-4-9/h5-6,8-9H,3-4H2,1-2H3,(H,13,14)/t8-/m0/s1. The minimum absolute atomic E-state index is 0.213. The van der Waals surface area contributed by atoms with Crippen LogP contribution in [0.5, 0.6) is 0 Å². The van der Waals surface area contributed by atoms with Crippen molar-refractivity contribution in [3.63, 3.8) is 0 Å². The molecule has 1 fully saturated rings. The maximum atomic E-state index is 11.8. The van der Waals surface area contributed by atoms with Gasteiger partial charge < -0.3 is 10.1 Å². The number of hydrogen-bond acceptors (Lipinski definition) is 4. The van der Waals surface area contributed by atoms with E-state index in [0.717, 1.165) is 18.4 Å². The summed E-state index contributed by atoms with van der Waals surface area (Å²) in [6.45, 7) is 3.45. The lowest BCUT2D eigenvalue weighted by Crippen LogP contribution is -2.37. The highest BCUT2D eigenvalue weighted by molar-refractivity contribution is 7.12. The molecular weight excluding hydrogens is 238 g/mol. The molecule has 0 unspecified atom stereocenters. The van der Waals surface area contributed by atoms with Crippen LogP contribution in [0.25, 0.3) is 0 Å². The fourth-order valence-electron chi connectivity index (χ4n) is 1.40. The van der Waals surface area contributed by atoms with Gasteiger partial charge in [0.05, 0.1) is 0 Å². The first-order valence-corrected chi connectivity index (χ1v) is 6.51. The maximum Gasteiger partial charge on any atom is 0.349 e. The van der Waals surface area contributed by atoms with Crippen LogP contribution >= 0.6 is 11.3 Å². The Morgan fingerprint density at radius 3 is 2.76 bits per heavy atom. The Hall–Kier alpha value is -1.36. The Labute approximate surface area is 104 Å². The number of ether oxygens (including phenoxy) is 1. The molecule has 1 aliphatic rings. The molecular formula is C12H15NO3S. The molecule has 1 atom stereocenters. The van der Waals surface area contributed by atoms with Crippen LogP contribution in [0, 0.1) is 6.92 Å². The first-order valence-electron chi connectivity index (χ1n) is 5.63. The van der Waals surface area contributed by atoms with E-state index in [1.54, 1.807) is 6.92 Å². The summed E-state index contributed by atoms with van der Waals surface area (Å²) in [5.74, 6) is -0.633. The quantitative estimate of drug-likeness (QED) is 0.834. The van der Waals surface area contributed by atoms with Crippen molar-refractivity contribution >= 4 is 23.2 Å². The number of amides is 1. The molecule has 1 aromatic heterocycles. The topological polar surface area (TPSA) is 55.4 Å². The van der Waals surface area contributed by atoms with Crippen molar-refractivity contribution in [3.8, 4) is 0 Å². The van der Waals surface area contributed by atoms with E-state index >= 15 is 0 Å². The molecule has 92 valence electrons. The molecule has 5 heteroatoms. The van der Waals surface area contributed by atoms with Crippen LogP contribution in [-0.2, 0) is 9.53 Å². The summed E-state index contributed by atoms with van der Waals surface area (Å²) in [6.07, 6.45) is 1.32. The normalized spacial score (nSPS) is 16.4. The van der Waals surface area contributed by atoms with Crippen LogP contribution in [0.1, 0.15) is 35.0 Å². The van der Waals surface area contributed by atoms with Gasteiger partial charge in [-0.15, -0.1) is 11.3 Å². The number of aryl methyl sites for hydroxylation is 1. The Morgan fingerprint density at radius 2 is 2.24 bits per heavy atom. The Morgan fingerprint density at radius 1 is 1.53 bits per heavy atom. The van der Waals surface area contributed by atoms with Gasteiger partial charge in [-0.3, -0.25) is 4.79 Å². The second-order valence-corrected chi connectivity index (χ2v) is 5.18. The highest BCUT2D eigenvalue weighted by atomic mass is 32.1. The molecule has 1 amide bonds. The molecule has 17 heavy (non-hydrogen) atoms. The number of rotatable bonds is 4. The number of esters is 1. The van der Waals surface area contributed by atoms with Crippen LogP contribution in [0.3, 0.4) is 0 Å². The molecule has 0 spiro atoms. The zero-order valence-electron chi connectivity index (χ0n) is 9.86. The van der Waals surface area contributed by atoms with Gasteiger partial charge in [-0.25, -0.2) is 4.79 Å². The third kappa shape index (κ3) is 3.06. The van der Waals surface area contributed by atoms with Gasteiger partial charge in [-0.05, 0) is 43.7 Å². The highest BCUT2D eigenvalue weighted by Crippen LogP contribution is 2.20. The SMILES string of the molecule is Cc1ccsc1C(=O)O[C@@H](C)C(=O)NC1CC1. The number of carbonyl (C=O) groups excluding carboxylic acids is 2. The predicted molar refractivity (Wildman–Crippen MR) is 65.1 cm³/mol. The van der Waals surface area contributed by atoms with Gasteiger partial charge in [-0.1, -0.05) is 0 Å². The smallest absolute Gasteiger partial charge is 0.349 e. The minimum Gasteiger partial charge on any atom is -0.448 e. The van der Waals surface area contributed by atoms with Gasteiger partial charge in [0.2, 0.25) is 0 Å². The average molecular weight is 253 g/mol. The van der Waals surface area contributed by atoms with Crippen LogP contribution in [0.2, 0.25) is 0 Å². The van der Waals surface area contributed by atoms with E-state index in [1.165, 1.54) is 11.3 Å². The zero-order chi connectivity index (χ0) is 12.4. The minimum atomic E-state index is -0.732. The number of nitrogens with one attached hydrogen (secondary N) is 1. The summed E-state index contributed by atoms with van der Waals surface area (Å²) in [5.41, 5.74) is 0.884. The van der Waals surface area contributed by atoms with Crippen molar-refractivity contribution in [1.29, 1.82) is 0 Å². The first kappa shape index (κ1) is 12.1. The predicted octanol–water partition coefficient (Wildman–Crippen LogP) is 1.88. The second-order valence-electron chi connectivity index (χ2n) is 4.26. The van der Waals surface area contributed by atoms with Crippen molar-refractivity contribution in [2.75, 3.05) is 0 Å². The molecule has 1 aromatic rings. The van der Waals surface area contributed by atoms with E-state index in [2.05, 4.69) is 5.32 Å². The first-order chi connectivity index (χ1) is 8.08. The Balaban J connectivity index is 1.89. The van der Waals surface area contributed by atoms with E-state index in [-0.39, 0.29) is 11.9 Å². The third-order valence-corrected chi connectivity index (χ3v) is 3.62. The second kappa shape index (κ2) is 4.87. The van der Waals surface area contributed by atoms with Gasteiger partial charge >= 0.3 is 5.97 Å². The number of hydrogen-bond donors (Lipinski definition) is 1. The molecule has 1 saturated carbocycles. The lowest BCUT2D eigenvalue weighted by molar-refractivity contribution is -0.129.